The van der Waals surface area contributed by atoms with Gasteiger partial charge in [-0.3, -0.25) is 0 Å². The Balaban J connectivity index is -0.000000366. The molecule has 0 spiro atoms. The predicted molar refractivity (Wildman–Crippen MR) is 144 cm³/mol. The molecule has 3 nitrogen and oxygen atoms in total. The number of hydrogen-bond donors (Lipinski definition) is 1. The first kappa shape index (κ1) is 33.2. The number of hydrogen-bond acceptors (Lipinski definition) is 3. The first-order chi connectivity index (χ1) is 14.2. The molecule has 0 saturated heterocycles. The average molecular weight is 438 g/mol. The molecule has 30 heavy (non-hydrogen) atoms. The van der Waals surface area contributed by atoms with E-state index in [0.717, 1.165) is 22.8 Å². The number of rotatable bonds is 5. The van der Waals surface area contributed by atoms with Crippen LogP contribution >= 0.6 is 11.8 Å². The van der Waals surface area contributed by atoms with Crippen LogP contribution < -0.4 is 5.84 Å². The van der Waals surface area contributed by atoms with Gasteiger partial charge in [-0.15, -0.1) is 13.2 Å². The molecule has 1 aromatic carbocycles. The minimum Gasteiger partial charge on any atom is -0.337 e. The molecule has 2 N–H and O–H groups in total. The molecular weight excluding hydrogens is 386 g/mol. The van der Waals surface area contributed by atoms with Crippen molar-refractivity contribution in [3.8, 4) is 0 Å². The van der Waals surface area contributed by atoms with Crippen LogP contribution in [0.25, 0.3) is 11.0 Å². The van der Waals surface area contributed by atoms with E-state index in [2.05, 4.69) is 91.9 Å². The Bertz CT molecular complexity index is 631. The van der Waals surface area contributed by atoms with Gasteiger partial charge in [0.25, 0.3) is 0 Å². The molecule has 2 rings (SSSR count). The summed E-state index contributed by atoms with van der Waals surface area (Å²) in [5.41, 5.74) is 4.48. The molecule has 176 valence electrons. The molecular formula is C26H51N3S. The van der Waals surface area contributed by atoms with Gasteiger partial charge in [0, 0.05) is 0 Å². The van der Waals surface area contributed by atoms with Crippen LogP contribution in [-0.2, 0) is 0 Å². The van der Waals surface area contributed by atoms with Crippen molar-refractivity contribution in [2.75, 3.05) is 17.9 Å². The topological polar surface area (TPSA) is 43.8 Å². The lowest BCUT2D eigenvalue weighted by atomic mass is 10.1. The fraction of sp³-hybridized carbons (Fsp3) is 0.654. The van der Waals surface area contributed by atoms with Gasteiger partial charge in [0.1, 0.15) is 5.82 Å². The molecule has 0 amide bonds. The Morgan fingerprint density at radius 2 is 1.47 bits per heavy atom. The number of fused-ring (bicyclic) bond motifs is 1. The Labute approximate surface area is 192 Å². The zero-order chi connectivity index (χ0) is 24.1. The van der Waals surface area contributed by atoms with Crippen molar-refractivity contribution in [2.24, 2.45) is 5.92 Å². The molecule has 0 fully saturated rings. The first-order valence-electron chi connectivity index (χ1n) is 11.4. The molecule has 0 aliphatic heterocycles. The third kappa shape index (κ3) is 16.4. The van der Waals surface area contributed by atoms with E-state index < -0.39 is 0 Å². The van der Waals surface area contributed by atoms with Gasteiger partial charge in [0.2, 0.25) is 0 Å². The van der Waals surface area contributed by atoms with Crippen LogP contribution in [0.1, 0.15) is 90.6 Å². The largest absolute Gasteiger partial charge is 0.337 e. The number of imidazole rings is 1. The molecule has 4 heteroatoms. The predicted octanol–water partition coefficient (Wildman–Crippen LogP) is 8.49. The quantitative estimate of drug-likeness (QED) is 0.376. The third-order valence-electron chi connectivity index (χ3n) is 4.09. The van der Waals surface area contributed by atoms with E-state index in [4.69, 9.17) is 5.84 Å². The Morgan fingerprint density at radius 1 is 1.00 bits per heavy atom. The summed E-state index contributed by atoms with van der Waals surface area (Å²) >= 11 is 1.93. The number of aromatic nitrogens is 2. The summed E-state index contributed by atoms with van der Waals surface area (Å²) in [6.07, 6.45) is 8.84. The number of unbranched alkanes of at least 4 members (excludes halogenated alkanes) is 2. The second-order valence-corrected chi connectivity index (χ2v) is 8.68. The van der Waals surface area contributed by atoms with Crippen molar-refractivity contribution in [3.63, 3.8) is 0 Å². The maximum atomic E-state index is 5.81. The number of benzene rings is 1. The summed E-state index contributed by atoms with van der Waals surface area (Å²) in [6.45, 7) is 25.3. The fourth-order valence-corrected chi connectivity index (χ4v) is 2.88. The highest BCUT2D eigenvalue weighted by Crippen LogP contribution is 2.18. The molecule has 0 bridgehead atoms. The zero-order valence-corrected chi connectivity index (χ0v) is 22.6. The van der Waals surface area contributed by atoms with Crippen molar-refractivity contribution in [3.05, 3.63) is 42.2 Å². The molecule has 2 aromatic rings. The van der Waals surface area contributed by atoms with Crippen molar-refractivity contribution in [1.29, 1.82) is 0 Å². The van der Waals surface area contributed by atoms with E-state index in [0.29, 0.717) is 0 Å². The molecule has 0 radical (unpaired) electrons. The lowest BCUT2D eigenvalue weighted by Crippen LogP contribution is -2.09. The fourth-order valence-electron chi connectivity index (χ4n) is 2.18. The first-order valence-corrected chi connectivity index (χ1v) is 12.8. The molecule has 0 atom stereocenters. The third-order valence-corrected chi connectivity index (χ3v) is 4.73. The molecule has 0 saturated carbocycles. The minimum atomic E-state index is 0.847. The maximum absolute atomic E-state index is 5.81. The number of thioether (sulfide) groups is 1. The summed E-state index contributed by atoms with van der Waals surface area (Å²) in [6, 6.07) is 4.14. The highest BCUT2D eigenvalue weighted by atomic mass is 32.2. The number of nitrogens with zero attached hydrogens (tertiary/aromatic N) is 2. The lowest BCUT2D eigenvalue weighted by Gasteiger charge is -2.00. The van der Waals surface area contributed by atoms with Gasteiger partial charge in [0.05, 0.1) is 11.0 Å². The van der Waals surface area contributed by atoms with Crippen molar-refractivity contribution >= 4 is 22.8 Å². The lowest BCUT2D eigenvalue weighted by molar-refractivity contribution is 0.632. The van der Waals surface area contributed by atoms with Gasteiger partial charge in [-0.1, -0.05) is 67.2 Å². The number of aryl methyl sites for hydroxylation is 3. The van der Waals surface area contributed by atoms with Gasteiger partial charge in [-0.05, 0) is 68.4 Å². The summed E-state index contributed by atoms with van der Waals surface area (Å²) in [7, 11) is 0. The van der Waals surface area contributed by atoms with Gasteiger partial charge in [0.15, 0.2) is 0 Å². The summed E-state index contributed by atoms with van der Waals surface area (Å²) in [4.78, 5) is 4.35. The molecule has 0 unspecified atom stereocenters. The second kappa shape index (κ2) is 22.3. The second-order valence-electron chi connectivity index (χ2n) is 7.69. The highest BCUT2D eigenvalue weighted by molar-refractivity contribution is 7.98. The van der Waals surface area contributed by atoms with Crippen molar-refractivity contribution < 1.29 is 0 Å². The molecule has 0 aliphatic carbocycles. The summed E-state index contributed by atoms with van der Waals surface area (Å²) in [5.74, 6) is 8.86. The van der Waals surface area contributed by atoms with E-state index in [1.807, 2.05) is 18.7 Å². The Kier molecular flexibility index (Phi) is 24.7. The van der Waals surface area contributed by atoms with Crippen molar-refractivity contribution in [1.82, 2.24) is 9.66 Å². The number of nitrogen functional groups attached to an aromatic ring is 1. The van der Waals surface area contributed by atoms with E-state index in [1.54, 1.807) is 4.68 Å². The summed E-state index contributed by atoms with van der Waals surface area (Å²) in [5, 5.41) is 0. The normalized spacial score (nSPS) is 9.30. The standard InChI is InChI=1S/C10H13N3.C6H14S.C5H12.C3H8.C2H4/c1-6-4-9-10(5-7(6)2)13(11)8(3)12-9;1-6(2)4-5-7-3;1-3-5-4-2;1-3-2;1-2/h4-5H,11H2,1-3H3;6H,4-5H2,1-3H3;3-5H2,1-2H3;3H2,1-2H3;1-2H2. The number of nitrogens with two attached hydrogens (primary N) is 1. The highest BCUT2D eigenvalue weighted by Gasteiger charge is 2.05. The smallest absolute Gasteiger partial charge is 0.125 e. The minimum absolute atomic E-state index is 0.847. The van der Waals surface area contributed by atoms with Crippen LogP contribution in [0, 0.1) is 26.7 Å². The van der Waals surface area contributed by atoms with Gasteiger partial charge in [-0.2, -0.15) is 11.8 Å². The van der Waals surface area contributed by atoms with Crippen LogP contribution in [0.2, 0.25) is 0 Å². The van der Waals surface area contributed by atoms with E-state index in [-0.39, 0.29) is 0 Å². The Morgan fingerprint density at radius 3 is 1.80 bits per heavy atom. The van der Waals surface area contributed by atoms with Crippen LogP contribution in [0.4, 0.5) is 0 Å². The van der Waals surface area contributed by atoms with Gasteiger partial charge in [-0.25, -0.2) is 9.66 Å². The van der Waals surface area contributed by atoms with Crippen molar-refractivity contribution in [2.45, 2.75) is 94.4 Å². The molecule has 0 aliphatic rings. The molecule has 1 aromatic heterocycles. The summed E-state index contributed by atoms with van der Waals surface area (Å²) < 4.78 is 1.63. The van der Waals surface area contributed by atoms with E-state index >= 15 is 0 Å². The SMILES string of the molecule is C=C.CCC.CCCCC.CSCCC(C)C.Cc1cc2nc(C)n(N)c2cc1C. The zero-order valence-electron chi connectivity index (χ0n) is 21.8. The molecule has 1 heterocycles. The van der Waals surface area contributed by atoms with Gasteiger partial charge < -0.3 is 5.84 Å². The monoisotopic (exact) mass is 437 g/mol. The van der Waals surface area contributed by atoms with Crippen LogP contribution in [0.5, 0.6) is 0 Å². The maximum Gasteiger partial charge on any atom is 0.125 e. The van der Waals surface area contributed by atoms with E-state index in [1.165, 1.54) is 49.0 Å². The Hall–Kier alpha value is -1.42. The van der Waals surface area contributed by atoms with Gasteiger partial charge >= 0.3 is 0 Å². The van der Waals surface area contributed by atoms with Crippen LogP contribution in [0.3, 0.4) is 0 Å². The van der Waals surface area contributed by atoms with E-state index in [9.17, 15) is 0 Å². The average Bonchev–Trinajstić information content (AvgIpc) is 2.98. The van der Waals surface area contributed by atoms with Crippen LogP contribution in [0.15, 0.2) is 25.3 Å². The van der Waals surface area contributed by atoms with Crippen LogP contribution in [-0.4, -0.2) is 21.7 Å².